The van der Waals surface area contributed by atoms with Crippen molar-refractivity contribution >= 4 is 38.5 Å². The molecule has 5 rings (SSSR count). The predicted molar refractivity (Wildman–Crippen MR) is 141 cm³/mol. The molecule has 1 saturated heterocycles. The van der Waals surface area contributed by atoms with E-state index in [0.717, 1.165) is 29.6 Å². The molecule has 2 aromatic carbocycles. The van der Waals surface area contributed by atoms with Crippen LogP contribution in [0.3, 0.4) is 0 Å². The number of hydrogen-bond donors (Lipinski definition) is 2. The van der Waals surface area contributed by atoms with Crippen LogP contribution in [0.1, 0.15) is 61.7 Å². The number of para-hydroxylation sites is 1. The number of carbonyl (C=O) groups is 1. The number of phenols is 1. The number of aryl methyl sites for hydroxylation is 1. The molecule has 2 atom stereocenters. The Morgan fingerprint density at radius 2 is 2.08 bits per heavy atom. The molecular formula is C28H31N2O5S+. The first-order chi connectivity index (χ1) is 17.4. The van der Waals surface area contributed by atoms with Gasteiger partial charge in [-0.15, -0.1) is 11.3 Å². The number of esters is 1. The molecular weight excluding hydrogens is 476 g/mol. The van der Waals surface area contributed by atoms with E-state index in [-0.39, 0.29) is 34.7 Å². The Morgan fingerprint density at radius 1 is 1.28 bits per heavy atom. The minimum Gasteiger partial charge on any atom is -0.507 e. The second-order valence-electron chi connectivity index (χ2n) is 9.42. The highest BCUT2D eigenvalue weighted by Crippen LogP contribution is 2.36. The van der Waals surface area contributed by atoms with Crippen LogP contribution in [-0.2, 0) is 17.7 Å². The smallest absolute Gasteiger partial charge is 0.375 e. The first-order valence-electron chi connectivity index (χ1n) is 12.6. The fourth-order valence-corrected chi connectivity index (χ4v) is 6.14. The zero-order valence-electron chi connectivity index (χ0n) is 20.8. The van der Waals surface area contributed by atoms with E-state index in [2.05, 4.69) is 11.9 Å². The molecule has 8 heteroatoms. The van der Waals surface area contributed by atoms with Gasteiger partial charge in [0.2, 0.25) is 11.2 Å². The number of quaternary nitrogens is 1. The molecule has 1 aliphatic rings. The number of piperidine rings is 1. The van der Waals surface area contributed by atoms with Crippen LogP contribution in [0, 0.1) is 0 Å². The van der Waals surface area contributed by atoms with Crippen LogP contribution in [0.15, 0.2) is 39.5 Å². The second-order valence-corrected chi connectivity index (χ2v) is 10.4. The van der Waals surface area contributed by atoms with E-state index in [9.17, 15) is 14.7 Å². The van der Waals surface area contributed by atoms with Crippen LogP contribution < -0.4 is 10.3 Å². The van der Waals surface area contributed by atoms with Gasteiger partial charge in [-0.1, -0.05) is 19.1 Å². The lowest BCUT2D eigenvalue weighted by Gasteiger charge is -2.30. The van der Waals surface area contributed by atoms with Crippen molar-refractivity contribution in [3.8, 4) is 16.3 Å². The molecule has 0 spiro atoms. The van der Waals surface area contributed by atoms with Crippen LogP contribution >= 0.6 is 11.3 Å². The Labute approximate surface area is 213 Å². The number of aromatic nitrogens is 1. The number of rotatable bonds is 6. The van der Waals surface area contributed by atoms with Gasteiger partial charge in [-0.3, -0.25) is 4.79 Å². The third-order valence-corrected chi connectivity index (χ3v) is 8.22. The maximum atomic E-state index is 14.0. The maximum absolute atomic E-state index is 14.0. The number of hydrogen-bond acceptors (Lipinski definition) is 7. The van der Waals surface area contributed by atoms with Crippen LogP contribution in [-0.4, -0.2) is 35.3 Å². The highest BCUT2D eigenvalue weighted by molar-refractivity contribution is 7.21. The van der Waals surface area contributed by atoms with Crippen molar-refractivity contribution in [2.75, 3.05) is 13.2 Å². The number of nitrogens with zero attached hydrogens (tertiary/aromatic N) is 1. The highest BCUT2D eigenvalue weighted by Gasteiger charge is 2.30. The molecule has 0 bridgehead atoms. The van der Waals surface area contributed by atoms with E-state index < -0.39 is 5.97 Å². The van der Waals surface area contributed by atoms with Crippen LogP contribution in [0.4, 0.5) is 0 Å². The lowest BCUT2D eigenvalue weighted by molar-refractivity contribution is -0.941. The Bertz CT molecular complexity index is 1470. The molecule has 1 aliphatic heterocycles. The Morgan fingerprint density at radius 3 is 2.81 bits per heavy atom. The van der Waals surface area contributed by atoms with Crippen molar-refractivity contribution in [1.29, 1.82) is 0 Å². The number of thiazole rings is 1. The summed E-state index contributed by atoms with van der Waals surface area (Å²) in [4.78, 5) is 33.1. The molecule has 3 heterocycles. The first kappa shape index (κ1) is 24.5. The van der Waals surface area contributed by atoms with Crippen LogP contribution in [0.5, 0.6) is 5.75 Å². The summed E-state index contributed by atoms with van der Waals surface area (Å²) >= 11 is 1.34. The molecule has 0 radical (unpaired) electrons. The molecule has 2 N–H and O–H groups in total. The second kappa shape index (κ2) is 10.0. The quantitative estimate of drug-likeness (QED) is 0.374. The molecule has 0 amide bonds. The van der Waals surface area contributed by atoms with Gasteiger partial charge in [0, 0.05) is 0 Å². The maximum Gasteiger partial charge on any atom is 0.375 e. The monoisotopic (exact) mass is 507 g/mol. The van der Waals surface area contributed by atoms with E-state index in [1.807, 2.05) is 31.2 Å². The van der Waals surface area contributed by atoms with E-state index in [4.69, 9.17) is 9.15 Å². The number of likely N-dealkylation sites (tertiary alicyclic amines) is 1. The summed E-state index contributed by atoms with van der Waals surface area (Å²) in [5, 5.41) is 12.0. The molecule has 4 aromatic rings. The van der Waals surface area contributed by atoms with Gasteiger partial charge in [0.1, 0.15) is 22.9 Å². The molecule has 0 saturated carbocycles. The fourth-order valence-electron chi connectivity index (χ4n) is 5.14. The Kier molecular flexibility index (Phi) is 6.81. The average molecular weight is 508 g/mol. The average Bonchev–Trinajstić information content (AvgIpc) is 3.30. The lowest BCUT2D eigenvalue weighted by atomic mass is 9.98. The highest BCUT2D eigenvalue weighted by atomic mass is 32.1. The van der Waals surface area contributed by atoms with E-state index in [1.165, 1.54) is 22.7 Å². The van der Waals surface area contributed by atoms with Gasteiger partial charge in [0.15, 0.2) is 5.58 Å². The van der Waals surface area contributed by atoms with Crippen molar-refractivity contribution in [3.05, 3.63) is 57.4 Å². The largest absolute Gasteiger partial charge is 0.507 e. The van der Waals surface area contributed by atoms with Gasteiger partial charge in [0.05, 0.1) is 40.4 Å². The number of ether oxygens (including phenoxy) is 1. The van der Waals surface area contributed by atoms with Gasteiger partial charge >= 0.3 is 5.97 Å². The van der Waals surface area contributed by atoms with Gasteiger partial charge in [-0.05, 0) is 63.3 Å². The zero-order chi connectivity index (χ0) is 25.4. The first-order valence-corrected chi connectivity index (χ1v) is 13.5. The fraction of sp³-hybridized carbons (Fsp3) is 0.393. The Balaban J connectivity index is 1.79. The van der Waals surface area contributed by atoms with E-state index >= 15 is 0 Å². The van der Waals surface area contributed by atoms with Crippen LogP contribution in [0.2, 0.25) is 0 Å². The normalized spacial score (nSPS) is 18.1. The molecule has 36 heavy (non-hydrogen) atoms. The van der Waals surface area contributed by atoms with E-state index in [1.54, 1.807) is 13.0 Å². The minimum atomic E-state index is -0.713. The van der Waals surface area contributed by atoms with E-state index in [0.29, 0.717) is 40.5 Å². The molecule has 2 aromatic heterocycles. The molecule has 188 valence electrons. The van der Waals surface area contributed by atoms with Gasteiger partial charge in [0.25, 0.3) is 0 Å². The molecule has 7 nitrogen and oxygen atoms in total. The molecule has 0 aliphatic carbocycles. The minimum absolute atomic E-state index is 0.111. The van der Waals surface area contributed by atoms with Gasteiger partial charge < -0.3 is 19.2 Å². The summed E-state index contributed by atoms with van der Waals surface area (Å²) in [5.41, 5.74) is 2.04. The van der Waals surface area contributed by atoms with Crippen molar-refractivity contribution in [1.82, 2.24) is 4.98 Å². The number of carbonyl (C=O) groups excluding carboxylic acids is 1. The van der Waals surface area contributed by atoms with Crippen molar-refractivity contribution in [2.24, 2.45) is 0 Å². The Hall–Kier alpha value is -3.23. The number of fused-ring (bicyclic) bond motifs is 2. The number of benzene rings is 2. The van der Waals surface area contributed by atoms with Gasteiger partial charge in [-0.25, -0.2) is 9.78 Å². The van der Waals surface area contributed by atoms with Crippen molar-refractivity contribution < 1.29 is 24.0 Å². The standard InChI is InChI=1S/C28H30N2O5S/c1-4-17-14-18-24(32)22(27-29-20-11-6-7-12-21(20)36-27)26(28(33)34-5-2)35-25(18)19(23(17)31)15-30-13-9-8-10-16(30)3/h6-7,11-12,14,16,31H,4-5,8-10,13,15H2,1-3H3/p+1/t16-/m0/s1. The number of phenolic OH excluding ortho intramolecular Hbond substituents is 1. The van der Waals surface area contributed by atoms with Crippen molar-refractivity contribution in [3.63, 3.8) is 0 Å². The SMILES string of the molecule is CCOC(=O)c1oc2c(C[NH+]3CCCC[C@@H]3C)c(O)c(CC)cc2c(=O)c1-c1nc2ccccc2s1. The molecule has 1 unspecified atom stereocenters. The van der Waals surface area contributed by atoms with Gasteiger partial charge in [-0.2, -0.15) is 0 Å². The number of nitrogens with one attached hydrogen (secondary N) is 1. The third-order valence-electron chi connectivity index (χ3n) is 7.17. The topological polar surface area (TPSA) is 94.1 Å². The number of aromatic hydroxyl groups is 1. The summed E-state index contributed by atoms with van der Waals surface area (Å²) in [5.74, 6) is -0.740. The zero-order valence-corrected chi connectivity index (χ0v) is 21.7. The third kappa shape index (κ3) is 4.29. The summed E-state index contributed by atoms with van der Waals surface area (Å²) in [7, 11) is 0. The summed E-state index contributed by atoms with van der Waals surface area (Å²) in [6, 6.07) is 9.71. The predicted octanol–water partition coefficient (Wildman–Crippen LogP) is 4.47. The lowest BCUT2D eigenvalue weighted by Crippen LogP contribution is -3.14. The summed E-state index contributed by atoms with van der Waals surface area (Å²) in [6.45, 7) is 7.51. The molecule has 1 fully saturated rings. The van der Waals surface area contributed by atoms with Crippen LogP contribution in [0.25, 0.3) is 31.8 Å². The summed E-state index contributed by atoms with van der Waals surface area (Å²) in [6.07, 6.45) is 3.99. The van der Waals surface area contributed by atoms with Crippen molar-refractivity contribution in [2.45, 2.75) is 59.0 Å². The summed E-state index contributed by atoms with van der Waals surface area (Å²) < 4.78 is 12.4.